The van der Waals surface area contributed by atoms with Gasteiger partial charge in [-0.15, -0.1) is 11.3 Å². The summed E-state index contributed by atoms with van der Waals surface area (Å²) in [6, 6.07) is 16.0. The fourth-order valence-electron chi connectivity index (χ4n) is 2.86. The Morgan fingerprint density at radius 3 is 2.17 bits per heavy atom. The molecule has 1 aromatic heterocycles. The quantitative estimate of drug-likeness (QED) is 0.295. The monoisotopic (exact) mass is 434 g/mol. The van der Waals surface area contributed by atoms with E-state index in [2.05, 4.69) is 0 Å². The second-order valence-corrected chi connectivity index (χ2v) is 7.71. The van der Waals surface area contributed by atoms with Crippen molar-refractivity contribution in [3.8, 4) is 16.9 Å². The molecule has 0 bridgehead atoms. The lowest BCUT2D eigenvalue weighted by molar-refractivity contribution is -0.137. The molecule has 0 atom stereocenters. The van der Waals surface area contributed by atoms with Gasteiger partial charge in [0.25, 0.3) is 0 Å². The Morgan fingerprint density at radius 1 is 0.933 bits per heavy atom. The molecule has 0 unspecified atom stereocenters. The molecule has 0 radical (unpaired) electrons. The number of hydrogen-bond donors (Lipinski definition) is 0. The minimum atomic E-state index is -4.33. The van der Waals surface area contributed by atoms with Crippen molar-refractivity contribution in [1.82, 2.24) is 0 Å². The first-order chi connectivity index (χ1) is 14.4. The van der Waals surface area contributed by atoms with Crippen LogP contribution in [0, 0.1) is 0 Å². The van der Waals surface area contributed by atoms with Crippen LogP contribution in [0.4, 0.5) is 13.2 Å². The summed E-state index contributed by atoms with van der Waals surface area (Å²) in [4.78, 5) is 13.4. The molecule has 0 N–H and O–H groups in total. The van der Waals surface area contributed by atoms with E-state index in [-0.39, 0.29) is 5.97 Å². The highest BCUT2D eigenvalue weighted by molar-refractivity contribution is 7.13. The minimum Gasteiger partial charge on any atom is -0.494 e. The van der Waals surface area contributed by atoms with Crippen LogP contribution in [0.15, 0.2) is 60.7 Å². The number of thiophene rings is 1. The fraction of sp³-hybridized carbons (Fsp3) is 0.261. The number of alkyl halides is 3. The third-order valence-electron chi connectivity index (χ3n) is 4.37. The average molecular weight is 434 g/mol. The van der Waals surface area contributed by atoms with Gasteiger partial charge in [0.2, 0.25) is 0 Å². The van der Waals surface area contributed by atoms with Crippen molar-refractivity contribution >= 4 is 17.3 Å². The normalized spacial score (nSPS) is 11.3. The molecular weight excluding hydrogens is 413 g/mol. The van der Waals surface area contributed by atoms with E-state index in [1.807, 2.05) is 18.2 Å². The molecule has 3 aromatic rings. The number of rotatable bonds is 8. The van der Waals surface area contributed by atoms with Gasteiger partial charge in [0.1, 0.15) is 10.6 Å². The van der Waals surface area contributed by atoms with E-state index >= 15 is 0 Å². The molecule has 3 rings (SSSR count). The van der Waals surface area contributed by atoms with Crippen LogP contribution in [0.2, 0.25) is 0 Å². The standard InChI is InChI=1S/C23H21F3O3S/c1-2-28-22(27)21-14-13-20(30-21)4-3-15-29-19-11-7-17(8-12-19)16-5-9-18(10-6-16)23(24,25)26/h5-14H,2-4,15H2,1H3. The van der Waals surface area contributed by atoms with Crippen molar-refractivity contribution < 1.29 is 27.4 Å². The van der Waals surface area contributed by atoms with E-state index in [9.17, 15) is 18.0 Å². The Hall–Kier alpha value is -2.80. The van der Waals surface area contributed by atoms with Gasteiger partial charge in [-0.2, -0.15) is 13.2 Å². The Labute approximate surface area is 177 Å². The van der Waals surface area contributed by atoms with Crippen molar-refractivity contribution in [2.45, 2.75) is 25.9 Å². The van der Waals surface area contributed by atoms with Crippen LogP contribution in [0.1, 0.15) is 33.5 Å². The van der Waals surface area contributed by atoms with Gasteiger partial charge in [0, 0.05) is 4.88 Å². The molecule has 0 aliphatic rings. The average Bonchev–Trinajstić information content (AvgIpc) is 3.20. The number of ether oxygens (including phenoxy) is 2. The summed E-state index contributed by atoms with van der Waals surface area (Å²) in [6.45, 7) is 2.66. The Balaban J connectivity index is 1.47. The highest BCUT2D eigenvalue weighted by Gasteiger charge is 2.29. The fourth-order valence-corrected chi connectivity index (χ4v) is 3.80. The zero-order valence-electron chi connectivity index (χ0n) is 16.4. The van der Waals surface area contributed by atoms with E-state index in [0.29, 0.717) is 29.4 Å². The lowest BCUT2D eigenvalue weighted by Crippen LogP contribution is -2.03. The topological polar surface area (TPSA) is 35.5 Å². The first-order valence-corrected chi connectivity index (χ1v) is 10.3. The molecule has 7 heteroatoms. The summed E-state index contributed by atoms with van der Waals surface area (Å²) < 4.78 is 48.7. The predicted molar refractivity (Wildman–Crippen MR) is 111 cm³/mol. The van der Waals surface area contributed by atoms with Crippen LogP contribution in [-0.4, -0.2) is 19.2 Å². The van der Waals surface area contributed by atoms with Gasteiger partial charge in [-0.3, -0.25) is 0 Å². The molecule has 0 spiro atoms. The van der Waals surface area contributed by atoms with E-state index in [1.165, 1.54) is 23.5 Å². The molecule has 0 aliphatic carbocycles. The van der Waals surface area contributed by atoms with Gasteiger partial charge in [0.15, 0.2) is 0 Å². The highest BCUT2D eigenvalue weighted by atomic mass is 32.1. The van der Waals surface area contributed by atoms with Crippen LogP contribution in [0.25, 0.3) is 11.1 Å². The van der Waals surface area contributed by atoms with Gasteiger partial charge < -0.3 is 9.47 Å². The Bertz CT molecular complexity index is 961. The first-order valence-electron chi connectivity index (χ1n) is 9.53. The number of benzene rings is 2. The summed E-state index contributed by atoms with van der Waals surface area (Å²) >= 11 is 1.43. The number of hydrogen-bond acceptors (Lipinski definition) is 4. The SMILES string of the molecule is CCOC(=O)c1ccc(CCCOc2ccc(-c3ccc(C(F)(F)F)cc3)cc2)s1. The van der Waals surface area contributed by atoms with E-state index in [0.717, 1.165) is 35.4 Å². The molecule has 2 aromatic carbocycles. The Morgan fingerprint density at radius 2 is 1.57 bits per heavy atom. The van der Waals surface area contributed by atoms with Crippen molar-refractivity contribution in [3.05, 3.63) is 76.0 Å². The molecule has 3 nitrogen and oxygen atoms in total. The molecular formula is C23H21F3O3S. The molecule has 0 saturated heterocycles. The van der Waals surface area contributed by atoms with Crippen LogP contribution >= 0.6 is 11.3 Å². The van der Waals surface area contributed by atoms with Crippen molar-refractivity contribution in [3.63, 3.8) is 0 Å². The van der Waals surface area contributed by atoms with Crippen molar-refractivity contribution in [2.24, 2.45) is 0 Å². The summed E-state index contributed by atoms with van der Waals surface area (Å²) in [5.41, 5.74) is 0.872. The van der Waals surface area contributed by atoms with Gasteiger partial charge in [0.05, 0.1) is 18.8 Å². The summed E-state index contributed by atoms with van der Waals surface area (Å²) in [6.07, 6.45) is -2.74. The number of esters is 1. The number of carbonyl (C=O) groups is 1. The maximum Gasteiger partial charge on any atom is 0.416 e. The highest BCUT2D eigenvalue weighted by Crippen LogP contribution is 2.31. The molecule has 1 heterocycles. The van der Waals surface area contributed by atoms with Crippen molar-refractivity contribution in [2.75, 3.05) is 13.2 Å². The second-order valence-electron chi connectivity index (χ2n) is 6.54. The molecule has 0 amide bonds. The molecule has 0 fully saturated rings. The van der Waals surface area contributed by atoms with Gasteiger partial charge >= 0.3 is 12.1 Å². The van der Waals surface area contributed by atoms with E-state index in [4.69, 9.17) is 9.47 Å². The summed E-state index contributed by atoms with van der Waals surface area (Å²) in [7, 11) is 0. The predicted octanol–water partition coefficient (Wildman–Crippen LogP) is 6.62. The maximum atomic E-state index is 12.7. The Kier molecular flexibility index (Phi) is 7.15. The third-order valence-corrected chi connectivity index (χ3v) is 5.50. The lowest BCUT2D eigenvalue weighted by Gasteiger charge is -2.09. The van der Waals surface area contributed by atoms with Gasteiger partial charge in [-0.05, 0) is 67.3 Å². The van der Waals surface area contributed by atoms with Crippen LogP contribution in [0.3, 0.4) is 0 Å². The minimum absolute atomic E-state index is 0.293. The number of halogens is 3. The van der Waals surface area contributed by atoms with Gasteiger partial charge in [-0.25, -0.2) is 4.79 Å². The van der Waals surface area contributed by atoms with Gasteiger partial charge in [-0.1, -0.05) is 24.3 Å². The van der Waals surface area contributed by atoms with Crippen LogP contribution in [-0.2, 0) is 17.3 Å². The third kappa shape index (κ3) is 5.86. The largest absolute Gasteiger partial charge is 0.494 e. The van der Waals surface area contributed by atoms with Crippen LogP contribution < -0.4 is 4.74 Å². The summed E-state index contributed by atoms with van der Waals surface area (Å²) in [5, 5.41) is 0. The zero-order chi connectivity index (χ0) is 21.6. The maximum absolute atomic E-state index is 12.7. The molecule has 30 heavy (non-hydrogen) atoms. The van der Waals surface area contributed by atoms with E-state index in [1.54, 1.807) is 25.1 Å². The second kappa shape index (κ2) is 9.80. The molecule has 0 aliphatic heterocycles. The van der Waals surface area contributed by atoms with Crippen LogP contribution in [0.5, 0.6) is 5.75 Å². The first kappa shape index (κ1) is 21.9. The zero-order valence-corrected chi connectivity index (χ0v) is 17.2. The lowest BCUT2D eigenvalue weighted by atomic mass is 10.0. The molecule has 158 valence electrons. The summed E-state index contributed by atoms with van der Waals surface area (Å²) in [5.74, 6) is 0.405. The molecule has 0 saturated carbocycles. The smallest absolute Gasteiger partial charge is 0.416 e. The van der Waals surface area contributed by atoms with Crippen molar-refractivity contribution in [1.29, 1.82) is 0 Å². The van der Waals surface area contributed by atoms with E-state index < -0.39 is 11.7 Å². The number of carbonyl (C=O) groups excluding carboxylic acids is 1. The number of aryl methyl sites for hydroxylation is 1.